The van der Waals surface area contributed by atoms with E-state index in [1.165, 1.54) is 11.1 Å². The lowest BCUT2D eigenvalue weighted by Gasteiger charge is -2.12. The number of benzene rings is 2. The van der Waals surface area contributed by atoms with Gasteiger partial charge in [0, 0.05) is 37.5 Å². The SMILES string of the molecule is Cc1ccc(OCCCn2c(CCNC(=O)c3ccncc3)nc3ccccc32)cc1C. The Morgan fingerprint density at radius 3 is 2.66 bits per heavy atom. The maximum absolute atomic E-state index is 12.3. The largest absolute Gasteiger partial charge is 0.494 e. The third-order valence-corrected chi connectivity index (χ3v) is 5.58. The maximum Gasteiger partial charge on any atom is 0.251 e. The van der Waals surface area contributed by atoms with E-state index in [9.17, 15) is 4.79 Å². The fourth-order valence-corrected chi connectivity index (χ4v) is 3.68. The number of amides is 1. The second kappa shape index (κ2) is 10.1. The summed E-state index contributed by atoms with van der Waals surface area (Å²) in [4.78, 5) is 21.1. The van der Waals surface area contributed by atoms with E-state index in [0.29, 0.717) is 25.1 Å². The van der Waals surface area contributed by atoms with Crippen molar-refractivity contribution in [1.82, 2.24) is 19.9 Å². The first-order chi connectivity index (χ1) is 15.6. The third-order valence-electron chi connectivity index (χ3n) is 5.58. The molecule has 0 spiro atoms. The Morgan fingerprint density at radius 1 is 1.03 bits per heavy atom. The van der Waals surface area contributed by atoms with Gasteiger partial charge in [-0.1, -0.05) is 18.2 Å². The Balaban J connectivity index is 1.37. The summed E-state index contributed by atoms with van der Waals surface area (Å²) in [5, 5.41) is 2.97. The fourth-order valence-electron chi connectivity index (χ4n) is 3.68. The van der Waals surface area contributed by atoms with Gasteiger partial charge in [0.2, 0.25) is 0 Å². The van der Waals surface area contributed by atoms with Crippen molar-refractivity contribution in [2.45, 2.75) is 33.2 Å². The summed E-state index contributed by atoms with van der Waals surface area (Å²) in [5.74, 6) is 1.77. The molecular weight excluding hydrogens is 400 g/mol. The summed E-state index contributed by atoms with van der Waals surface area (Å²) in [6, 6.07) is 17.7. The van der Waals surface area contributed by atoms with E-state index in [2.05, 4.69) is 46.9 Å². The zero-order valence-corrected chi connectivity index (χ0v) is 18.5. The molecule has 0 fully saturated rings. The monoisotopic (exact) mass is 428 g/mol. The van der Waals surface area contributed by atoms with Crippen LogP contribution >= 0.6 is 0 Å². The van der Waals surface area contributed by atoms with Crippen LogP contribution in [0.2, 0.25) is 0 Å². The second-order valence-corrected chi connectivity index (χ2v) is 7.86. The van der Waals surface area contributed by atoms with Crippen LogP contribution in [0.15, 0.2) is 67.0 Å². The molecule has 0 bridgehead atoms. The number of pyridine rings is 1. The van der Waals surface area contributed by atoms with E-state index >= 15 is 0 Å². The third kappa shape index (κ3) is 5.14. The highest BCUT2D eigenvalue weighted by Gasteiger charge is 2.11. The number of carbonyl (C=O) groups excluding carboxylic acids is 1. The van der Waals surface area contributed by atoms with E-state index in [4.69, 9.17) is 9.72 Å². The maximum atomic E-state index is 12.3. The van der Waals surface area contributed by atoms with Crippen LogP contribution in [0.5, 0.6) is 5.75 Å². The lowest BCUT2D eigenvalue weighted by Crippen LogP contribution is -2.26. The van der Waals surface area contributed by atoms with Gasteiger partial charge in [-0.15, -0.1) is 0 Å². The van der Waals surface area contributed by atoms with E-state index in [1.54, 1.807) is 24.5 Å². The van der Waals surface area contributed by atoms with Crippen LogP contribution in [-0.4, -0.2) is 33.6 Å². The van der Waals surface area contributed by atoms with Gasteiger partial charge >= 0.3 is 0 Å². The van der Waals surface area contributed by atoms with E-state index in [-0.39, 0.29) is 5.91 Å². The highest BCUT2D eigenvalue weighted by atomic mass is 16.5. The zero-order chi connectivity index (χ0) is 22.3. The molecule has 1 amide bonds. The molecule has 0 saturated heterocycles. The van der Waals surface area contributed by atoms with Crippen LogP contribution < -0.4 is 10.1 Å². The molecule has 6 heteroatoms. The van der Waals surface area contributed by atoms with Gasteiger partial charge in [0.05, 0.1) is 17.6 Å². The number of nitrogens with one attached hydrogen (secondary N) is 1. The lowest BCUT2D eigenvalue weighted by molar-refractivity contribution is 0.0954. The summed E-state index contributed by atoms with van der Waals surface area (Å²) >= 11 is 0. The molecule has 6 nitrogen and oxygen atoms in total. The first-order valence-electron chi connectivity index (χ1n) is 10.9. The highest BCUT2D eigenvalue weighted by molar-refractivity contribution is 5.93. The van der Waals surface area contributed by atoms with Gasteiger partial charge in [0.15, 0.2) is 0 Å². The molecule has 0 radical (unpaired) electrons. The molecule has 2 heterocycles. The average molecular weight is 429 g/mol. The number of aryl methyl sites for hydroxylation is 3. The van der Waals surface area contributed by atoms with Crippen molar-refractivity contribution in [1.29, 1.82) is 0 Å². The Morgan fingerprint density at radius 2 is 1.84 bits per heavy atom. The molecular formula is C26H28N4O2. The van der Waals surface area contributed by atoms with Gasteiger partial charge in [0.1, 0.15) is 11.6 Å². The van der Waals surface area contributed by atoms with Crippen LogP contribution in [0.1, 0.15) is 33.7 Å². The summed E-state index contributed by atoms with van der Waals surface area (Å²) < 4.78 is 8.19. The molecule has 0 unspecified atom stereocenters. The number of hydrogen-bond acceptors (Lipinski definition) is 4. The van der Waals surface area contributed by atoms with Crippen molar-refractivity contribution in [2.75, 3.05) is 13.2 Å². The lowest BCUT2D eigenvalue weighted by atomic mass is 10.1. The van der Waals surface area contributed by atoms with Gasteiger partial charge in [-0.25, -0.2) is 4.98 Å². The Labute approximate surface area is 188 Å². The predicted octanol–water partition coefficient (Wildman–Crippen LogP) is 4.49. The minimum Gasteiger partial charge on any atom is -0.494 e. The Hall–Kier alpha value is -3.67. The van der Waals surface area contributed by atoms with Crippen molar-refractivity contribution in [3.05, 3.63) is 89.5 Å². The number of para-hydroxylation sites is 2. The number of aromatic nitrogens is 3. The van der Waals surface area contributed by atoms with E-state index in [0.717, 1.165) is 35.6 Å². The molecule has 0 atom stereocenters. The number of nitrogens with zero attached hydrogens (tertiary/aromatic N) is 3. The summed E-state index contributed by atoms with van der Waals surface area (Å²) in [6.07, 6.45) is 4.76. The first kappa shape index (κ1) is 21.6. The molecule has 0 saturated carbocycles. The average Bonchev–Trinajstić information content (AvgIpc) is 3.17. The summed E-state index contributed by atoms with van der Waals surface area (Å²) in [6.45, 7) is 6.15. The van der Waals surface area contributed by atoms with Crippen LogP contribution in [-0.2, 0) is 13.0 Å². The first-order valence-corrected chi connectivity index (χ1v) is 10.9. The van der Waals surface area contributed by atoms with Gasteiger partial charge in [-0.05, 0) is 67.8 Å². The molecule has 1 N–H and O–H groups in total. The second-order valence-electron chi connectivity index (χ2n) is 7.86. The molecule has 2 aromatic carbocycles. The Bertz CT molecular complexity index is 1200. The summed E-state index contributed by atoms with van der Waals surface area (Å²) in [7, 11) is 0. The van der Waals surface area contributed by atoms with Crippen LogP contribution in [0.25, 0.3) is 11.0 Å². The smallest absolute Gasteiger partial charge is 0.251 e. The normalized spacial score (nSPS) is 10.9. The minimum atomic E-state index is -0.100. The zero-order valence-electron chi connectivity index (χ0n) is 18.5. The van der Waals surface area contributed by atoms with Crippen LogP contribution in [0.4, 0.5) is 0 Å². The molecule has 4 aromatic rings. The number of carbonyl (C=O) groups is 1. The van der Waals surface area contributed by atoms with Crippen molar-refractivity contribution in [3.63, 3.8) is 0 Å². The predicted molar refractivity (Wildman–Crippen MR) is 126 cm³/mol. The molecule has 0 aliphatic rings. The molecule has 0 aliphatic heterocycles. The van der Waals surface area contributed by atoms with Crippen LogP contribution in [0.3, 0.4) is 0 Å². The number of hydrogen-bond donors (Lipinski definition) is 1. The molecule has 2 aromatic heterocycles. The minimum absolute atomic E-state index is 0.100. The van der Waals surface area contributed by atoms with Gasteiger partial charge in [-0.3, -0.25) is 9.78 Å². The van der Waals surface area contributed by atoms with Crippen molar-refractivity contribution in [2.24, 2.45) is 0 Å². The molecule has 32 heavy (non-hydrogen) atoms. The summed E-state index contributed by atoms with van der Waals surface area (Å²) in [5.41, 5.74) is 5.19. The quantitative estimate of drug-likeness (QED) is 0.399. The number of imidazole rings is 1. The molecule has 0 aliphatic carbocycles. The standard InChI is InChI=1S/C26H28N4O2/c1-19-8-9-22(18-20(19)2)32-17-5-16-30-24-7-4-3-6-23(24)29-25(30)12-15-28-26(31)21-10-13-27-14-11-21/h3-4,6-11,13-14,18H,5,12,15-17H2,1-2H3,(H,28,31). The molecule has 4 rings (SSSR count). The van der Waals surface area contributed by atoms with Gasteiger partial charge < -0.3 is 14.6 Å². The van der Waals surface area contributed by atoms with Gasteiger partial charge in [0.25, 0.3) is 5.91 Å². The van der Waals surface area contributed by atoms with E-state index < -0.39 is 0 Å². The number of rotatable bonds is 9. The highest BCUT2D eigenvalue weighted by Crippen LogP contribution is 2.19. The number of ether oxygens (including phenoxy) is 1. The fraction of sp³-hybridized carbons (Fsp3) is 0.269. The van der Waals surface area contributed by atoms with Crippen molar-refractivity contribution in [3.8, 4) is 5.75 Å². The van der Waals surface area contributed by atoms with Crippen LogP contribution in [0, 0.1) is 13.8 Å². The van der Waals surface area contributed by atoms with Crippen molar-refractivity contribution >= 4 is 16.9 Å². The molecule has 164 valence electrons. The topological polar surface area (TPSA) is 69.0 Å². The van der Waals surface area contributed by atoms with Crippen molar-refractivity contribution < 1.29 is 9.53 Å². The Kier molecular flexibility index (Phi) is 6.80. The van der Waals surface area contributed by atoms with E-state index in [1.807, 2.05) is 24.3 Å². The number of fused-ring (bicyclic) bond motifs is 1. The van der Waals surface area contributed by atoms with Gasteiger partial charge in [-0.2, -0.15) is 0 Å².